The van der Waals surface area contributed by atoms with E-state index in [0.29, 0.717) is 30.8 Å². The summed E-state index contributed by atoms with van der Waals surface area (Å²) >= 11 is 0. The number of nitrogens with zero attached hydrogens (tertiary/aromatic N) is 5. The number of hydrogen-bond acceptors (Lipinski definition) is 4. The van der Waals surface area contributed by atoms with Crippen molar-refractivity contribution in [3.63, 3.8) is 0 Å². The Labute approximate surface area is 148 Å². The molecule has 3 aromatic rings. The molecule has 0 aliphatic carbocycles. The molecule has 0 saturated carbocycles. The van der Waals surface area contributed by atoms with Gasteiger partial charge in [0, 0.05) is 32.0 Å². The molecule has 7 nitrogen and oxygen atoms in total. The highest BCUT2D eigenvalue weighted by atomic mass is 19.1. The van der Waals surface area contributed by atoms with Crippen molar-refractivity contribution in [1.82, 2.24) is 24.4 Å². The molecule has 2 aromatic heterocycles. The molecule has 4 rings (SSSR count). The third-order valence-electron chi connectivity index (χ3n) is 4.38. The van der Waals surface area contributed by atoms with Crippen molar-refractivity contribution in [3.8, 4) is 0 Å². The van der Waals surface area contributed by atoms with Crippen LogP contribution in [0.1, 0.15) is 15.9 Å². The van der Waals surface area contributed by atoms with Crippen LogP contribution in [0.15, 0.2) is 48.9 Å². The first-order valence-electron chi connectivity index (χ1n) is 8.21. The quantitative estimate of drug-likeness (QED) is 0.713. The number of carbonyl (C=O) groups excluding carboxylic acids is 2. The van der Waals surface area contributed by atoms with Crippen LogP contribution >= 0.6 is 0 Å². The first kappa shape index (κ1) is 16.2. The molecule has 0 spiro atoms. The van der Waals surface area contributed by atoms with Gasteiger partial charge in [-0.3, -0.25) is 9.59 Å². The maximum Gasteiger partial charge on any atom is 0.259 e. The lowest BCUT2D eigenvalue weighted by Crippen LogP contribution is -2.51. The number of piperazine rings is 1. The van der Waals surface area contributed by atoms with Crippen molar-refractivity contribution >= 4 is 17.5 Å². The summed E-state index contributed by atoms with van der Waals surface area (Å²) in [5, 5.41) is 4.11. The Bertz CT molecular complexity index is 986. The van der Waals surface area contributed by atoms with Gasteiger partial charge in [0.25, 0.3) is 5.91 Å². The van der Waals surface area contributed by atoms with Crippen molar-refractivity contribution in [2.45, 2.75) is 6.54 Å². The van der Waals surface area contributed by atoms with Crippen LogP contribution in [0.3, 0.4) is 0 Å². The SMILES string of the molecule is O=C1CN(C(=O)c2cnn3cccnc23)CCN1Cc1cccc(F)c1. The zero-order valence-corrected chi connectivity index (χ0v) is 13.9. The molecule has 1 saturated heterocycles. The van der Waals surface area contributed by atoms with E-state index in [1.807, 2.05) is 0 Å². The van der Waals surface area contributed by atoms with Gasteiger partial charge in [0.2, 0.25) is 5.91 Å². The lowest BCUT2D eigenvalue weighted by Gasteiger charge is -2.34. The van der Waals surface area contributed by atoms with Crippen molar-refractivity contribution in [3.05, 3.63) is 65.9 Å². The van der Waals surface area contributed by atoms with E-state index in [9.17, 15) is 14.0 Å². The first-order valence-corrected chi connectivity index (χ1v) is 8.21. The average Bonchev–Trinajstić information content (AvgIpc) is 3.07. The zero-order chi connectivity index (χ0) is 18.1. The van der Waals surface area contributed by atoms with Crippen LogP contribution in [0, 0.1) is 5.82 Å². The second kappa shape index (κ2) is 6.55. The molecule has 0 bridgehead atoms. The molecule has 0 unspecified atom stereocenters. The van der Waals surface area contributed by atoms with Gasteiger partial charge in [-0.05, 0) is 23.8 Å². The van der Waals surface area contributed by atoms with Crippen LogP contribution in [0.2, 0.25) is 0 Å². The minimum absolute atomic E-state index is 0.0156. The summed E-state index contributed by atoms with van der Waals surface area (Å²) in [6, 6.07) is 7.90. The van der Waals surface area contributed by atoms with Crippen molar-refractivity contribution in [2.24, 2.45) is 0 Å². The fourth-order valence-electron chi connectivity index (χ4n) is 3.05. The Balaban J connectivity index is 1.46. The molecule has 1 aliphatic rings. The minimum Gasteiger partial charge on any atom is -0.335 e. The number of amides is 2. The van der Waals surface area contributed by atoms with E-state index in [1.54, 1.807) is 35.5 Å². The Morgan fingerprint density at radius 3 is 2.92 bits per heavy atom. The number of hydrogen-bond donors (Lipinski definition) is 0. The molecular weight excluding hydrogens is 337 g/mol. The van der Waals surface area contributed by atoms with E-state index in [1.165, 1.54) is 27.7 Å². The first-order chi connectivity index (χ1) is 12.6. The number of aromatic nitrogens is 3. The summed E-state index contributed by atoms with van der Waals surface area (Å²) in [6.45, 7) is 1.12. The summed E-state index contributed by atoms with van der Waals surface area (Å²) in [6.07, 6.45) is 4.77. The number of benzene rings is 1. The lowest BCUT2D eigenvalue weighted by molar-refractivity contribution is -0.135. The minimum atomic E-state index is -0.329. The highest BCUT2D eigenvalue weighted by molar-refractivity contribution is 6.01. The molecule has 0 radical (unpaired) electrons. The summed E-state index contributed by atoms with van der Waals surface area (Å²) in [7, 11) is 0. The van der Waals surface area contributed by atoms with Gasteiger partial charge >= 0.3 is 0 Å². The van der Waals surface area contributed by atoms with Gasteiger partial charge in [-0.15, -0.1) is 0 Å². The fourth-order valence-corrected chi connectivity index (χ4v) is 3.05. The number of fused-ring (bicyclic) bond motifs is 1. The predicted molar refractivity (Wildman–Crippen MR) is 90.7 cm³/mol. The second-order valence-electron chi connectivity index (χ2n) is 6.12. The highest BCUT2D eigenvalue weighted by Crippen LogP contribution is 2.15. The normalized spacial score (nSPS) is 14.9. The van der Waals surface area contributed by atoms with Crippen molar-refractivity contribution in [2.75, 3.05) is 19.6 Å². The van der Waals surface area contributed by atoms with E-state index in [0.717, 1.165) is 5.56 Å². The van der Waals surface area contributed by atoms with Gasteiger partial charge in [0.05, 0.1) is 6.20 Å². The lowest BCUT2D eigenvalue weighted by atomic mass is 10.1. The summed E-state index contributed by atoms with van der Waals surface area (Å²) in [4.78, 5) is 32.5. The van der Waals surface area contributed by atoms with Gasteiger partial charge in [0.15, 0.2) is 5.65 Å². The Morgan fingerprint density at radius 2 is 2.12 bits per heavy atom. The largest absolute Gasteiger partial charge is 0.335 e. The Hall–Kier alpha value is -3.29. The molecule has 2 amide bonds. The maximum absolute atomic E-state index is 13.3. The maximum atomic E-state index is 13.3. The van der Waals surface area contributed by atoms with Crippen LogP contribution in [0.5, 0.6) is 0 Å². The van der Waals surface area contributed by atoms with E-state index in [-0.39, 0.29) is 24.2 Å². The standard InChI is InChI=1S/C18H16FN5O2/c19-14-4-1-3-13(9-14)11-22-7-8-23(12-16(22)25)18(26)15-10-21-24-6-2-5-20-17(15)24/h1-6,9-10H,7-8,11-12H2. The zero-order valence-electron chi connectivity index (χ0n) is 13.9. The van der Waals surface area contributed by atoms with E-state index in [2.05, 4.69) is 10.1 Å². The van der Waals surface area contributed by atoms with Gasteiger partial charge in [0.1, 0.15) is 17.9 Å². The number of carbonyl (C=O) groups is 2. The molecule has 1 fully saturated rings. The third-order valence-corrected chi connectivity index (χ3v) is 4.38. The molecular formula is C18H16FN5O2. The monoisotopic (exact) mass is 353 g/mol. The molecule has 0 atom stereocenters. The molecule has 1 aromatic carbocycles. The van der Waals surface area contributed by atoms with Gasteiger partial charge in [-0.2, -0.15) is 5.10 Å². The van der Waals surface area contributed by atoms with Crippen LogP contribution in [0.4, 0.5) is 4.39 Å². The van der Waals surface area contributed by atoms with E-state index < -0.39 is 0 Å². The van der Waals surface area contributed by atoms with Crippen LogP contribution in [0.25, 0.3) is 5.65 Å². The van der Waals surface area contributed by atoms with Gasteiger partial charge < -0.3 is 9.80 Å². The molecule has 0 N–H and O–H groups in total. The Morgan fingerprint density at radius 1 is 1.23 bits per heavy atom. The van der Waals surface area contributed by atoms with Crippen molar-refractivity contribution in [1.29, 1.82) is 0 Å². The summed E-state index contributed by atoms with van der Waals surface area (Å²) in [5.41, 5.74) is 1.56. The number of rotatable bonds is 3. The molecule has 3 heterocycles. The molecule has 26 heavy (non-hydrogen) atoms. The van der Waals surface area contributed by atoms with Gasteiger partial charge in [-0.25, -0.2) is 13.9 Å². The van der Waals surface area contributed by atoms with Crippen LogP contribution in [-0.2, 0) is 11.3 Å². The highest BCUT2D eigenvalue weighted by Gasteiger charge is 2.29. The van der Waals surface area contributed by atoms with Crippen LogP contribution < -0.4 is 0 Å². The van der Waals surface area contributed by atoms with E-state index >= 15 is 0 Å². The molecule has 132 valence electrons. The molecule has 1 aliphatic heterocycles. The van der Waals surface area contributed by atoms with E-state index in [4.69, 9.17) is 0 Å². The Kier molecular flexibility index (Phi) is 4.08. The smallest absolute Gasteiger partial charge is 0.259 e. The summed E-state index contributed by atoms with van der Waals surface area (Å²) < 4.78 is 14.8. The predicted octanol–water partition coefficient (Wildman–Crippen LogP) is 1.35. The third kappa shape index (κ3) is 3.01. The summed E-state index contributed by atoms with van der Waals surface area (Å²) in [5.74, 6) is -0.764. The number of halogens is 1. The van der Waals surface area contributed by atoms with Gasteiger partial charge in [-0.1, -0.05) is 12.1 Å². The molecule has 8 heteroatoms. The van der Waals surface area contributed by atoms with Crippen LogP contribution in [-0.4, -0.2) is 55.8 Å². The van der Waals surface area contributed by atoms with Crippen molar-refractivity contribution < 1.29 is 14.0 Å². The fraction of sp³-hybridized carbons (Fsp3) is 0.222. The second-order valence-corrected chi connectivity index (χ2v) is 6.12. The average molecular weight is 353 g/mol. The topological polar surface area (TPSA) is 70.8 Å².